The van der Waals surface area contributed by atoms with Crippen molar-refractivity contribution in [1.29, 1.82) is 0 Å². The molecule has 0 unspecified atom stereocenters. The smallest absolute Gasteiger partial charge is 0.0669 e. The lowest BCUT2D eigenvalue weighted by molar-refractivity contribution is 0.578. The maximum Gasteiger partial charge on any atom is 0.0669 e. The summed E-state index contributed by atoms with van der Waals surface area (Å²) in [6, 6.07) is 15.4. The first kappa shape index (κ1) is 22.5. The molecular formula is C28H38N2. The largest absolute Gasteiger partial charge is 0.257 e. The molecule has 2 aromatic carbocycles. The standard InChI is InChI=1S/C28H38N2/c1-8-11-20-12-9-10-13-25(20)29-22-15-16-23(19-22)30-26-18-21(27(2,3)4)14-17-24(26)28(5,6)7/h9-10,12-14,17-18H,8,11,15-16,19H2,1-7H3/b29-22+,30-23-. The van der Waals surface area contributed by atoms with Gasteiger partial charge in [0.15, 0.2) is 0 Å². The van der Waals surface area contributed by atoms with Gasteiger partial charge in [0, 0.05) is 17.8 Å². The minimum atomic E-state index is 0.0738. The topological polar surface area (TPSA) is 24.7 Å². The van der Waals surface area contributed by atoms with Crippen molar-refractivity contribution in [3.05, 3.63) is 59.2 Å². The molecule has 1 aliphatic carbocycles. The average Bonchev–Trinajstić information content (AvgIpc) is 3.09. The van der Waals surface area contributed by atoms with Gasteiger partial charge in [0.25, 0.3) is 0 Å². The summed E-state index contributed by atoms with van der Waals surface area (Å²) in [6.45, 7) is 15.8. The summed E-state index contributed by atoms with van der Waals surface area (Å²) in [5, 5.41) is 0. The lowest BCUT2D eigenvalue weighted by Crippen LogP contribution is -2.15. The van der Waals surface area contributed by atoms with Gasteiger partial charge in [0.1, 0.15) is 0 Å². The summed E-state index contributed by atoms with van der Waals surface area (Å²) >= 11 is 0. The van der Waals surface area contributed by atoms with Crippen LogP contribution in [-0.2, 0) is 17.3 Å². The summed E-state index contributed by atoms with van der Waals surface area (Å²) in [5.41, 5.74) is 9.02. The lowest BCUT2D eigenvalue weighted by atomic mass is 9.81. The van der Waals surface area contributed by atoms with Crippen molar-refractivity contribution in [2.24, 2.45) is 9.98 Å². The minimum Gasteiger partial charge on any atom is -0.257 e. The summed E-state index contributed by atoms with van der Waals surface area (Å²) in [5.74, 6) is 0. The normalized spacial score (nSPS) is 17.8. The molecule has 0 amide bonds. The van der Waals surface area contributed by atoms with Gasteiger partial charge in [-0.2, -0.15) is 0 Å². The van der Waals surface area contributed by atoms with Crippen LogP contribution in [0.1, 0.15) is 90.8 Å². The number of aliphatic imine (C=N–C) groups is 2. The van der Waals surface area contributed by atoms with Crippen LogP contribution >= 0.6 is 0 Å². The highest BCUT2D eigenvalue weighted by Gasteiger charge is 2.23. The first-order valence-electron chi connectivity index (χ1n) is 11.4. The van der Waals surface area contributed by atoms with E-state index in [0.717, 1.165) is 43.5 Å². The molecule has 0 aromatic heterocycles. The molecule has 1 fully saturated rings. The van der Waals surface area contributed by atoms with Crippen LogP contribution in [0.5, 0.6) is 0 Å². The van der Waals surface area contributed by atoms with E-state index in [-0.39, 0.29) is 10.8 Å². The predicted molar refractivity (Wildman–Crippen MR) is 132 cm³/mol. The van der Waals surface area contributed by atoms with Crippen LogP contribution < -0.4 is 0 Å². The van der Waals surface area contributed by atoms with Gasteiger partial charge in [-0.05, 0) is 58.9 Å². The summed E-state index contributed by atoms with van der Waals surface area (Å²) in [4.78, 5) is 10.2. The van der Waals surface area contributed by atoms with Crippen LogP contribution in [0, 0.1) is 0 Å². The highest BCUT2D eigenvalue weighted by molar-refractivity contribution is 6.12. The zero-order chi connectivity index (χ0) is 21.9. The van der Waals surface area contributed by atoms with Crippen molar-refractivity contribution in [3.63, 3.8) is 0 Å². The molecule has 30 heavy (non-hydrogen) atoms. The zero-order valence-corrected chi connectivity index (χ0v) is 20.0. The number of rotatable bonds is 4. The molecule has 1 aliphatic rings. The van der Waals surface area contributed by atoms with Crippen LogP contribution in [0.15, 0.2) is 52.4 Å². The lowest BCUT2D eigenvalue weighted by Gasteiger charge is -2.25. The molecule has 2 aromatic rings. The van der Waals surface area contributed by atoms with Crippen molar-refractivity contribution in [1.82, 2.24) is 0 Å². The number of para-hydroxylation sites is 1. The Kier molecular flexibility index (Phi) is 6.65. The van der Waals surface area contributed by atoms with Crippen molar-refractivity contribution in [3.8, 4) is 0 Å². The van der Waals surface area contributed by atoms with E-state index < -0.39 is 0 Å². The summed E-state index contributed by atoms with van der Waals surface area (Å²) < 4.78 is 0. The second kappa shape index (κ2) is 8.88. The molecule has 0 N–H and O–H groups in total. The number of aryl methyl sites for hydroxylation is 1. The number of nitrogens with zero attached hydrogens (tertiary/aromatic N) is 2. The van der Waals surface area contributed by atoms with E-state index in [1.807, 2.05) is 0 Å². The van der Waals surface area contributed by atoms with E-state index >= 15 is 0 Å². The third-order valence-corrected chi connectivity index (χ3v) is 5.85. The van der Waals surface area contributed by atoms with E-state index in [0.29, 0.717) is 0 Å². The van der Waals surface area contributed by atoms with E-state index in [1.165, 1.54) is 28.1 Å². The van der Waals surface area contributed by atoms with Gasteiger partial charge < -0.3 is 0 Å². The van der Waals surface area contributed by atoms with Crippen LogP contribution in [0.3, 0.4) is 0 Å². The van der Waals surface area contributed by atoms with Crippen LogP contribution in [0.4, 0.5) is 11.4 Å². The van der Waals surface area contributed by atoms with Gasteiger partial charge in [-0.1, -0.05) is 85.2 Å². The van der Waals surface area contributed by atoms with E-state index in [9.17, 15) is 0 Å². The van der Waals surface area contributed by atoms with Gasteiger partial charge >= 0.3 is 0 Å². The number of hydrogen-bond donors (Lipinski definition) is 0. The Balaban J connectivity index is 1.92. The second-order valence-corrected chi connectivity index (χ2v) is 10.6. The fourth-order valence-electron chi connectivity index (χ4n) is 4.06. The minimum absolute atomic E-state index is 0.0738. The molecule has 0 radical (unpaired) electrons. The van der Waals surface area contributed by atoms with Gasteiger partial charge in [0.2, 0.25) is 0 Å². The van der Waals surface area contributed by atoms with Crippen molar-refractivity contribution < 1.29 is 0 Å². The monoisotopic (exact) mass is 402 g/mol. The first-order chi connectivity index (χ1) is 14.1. The molecule has 0 atom stereocenters. The first-order valence-corrected chi connectivity index (χ1v) is 11.4. The van der Waals surface area contributed by atoms with E-state index in [4.69, 9.17) is 9.98 Å². The molecule has 2 heteroatoms. The summed E-state index contributed by atoms with van der Waals surface area (Å²) in [7, 11) is 0. The van der Waals surface area contributed by atoms with Crippen molar-refractivity contribution in [2.75, 3.05) is 0 Å². The van der Waals surface area contributed by atoms with Crippen LogP contribution in [0.2, 0.25) is 0 Å². The van der Waals surface area contributed by atoms with Crippen LogP contribution in [0.25, 0.3) is 0 Å². The fraction of sp³-hybridized carbons (Fsp3) is 0.500. The Morgan fingerprint density at radius 1 is 0.767 bits per heavy atom. The third-order valence-electron chi connectivity index (χ3n) is 5.85. The van der Waals surface area contributed by atoms with Gasteiger partial charge in [-0.15, -0.1) is 0 Å². The van der Waals surface area contributed by atoms with Crippen molar-refractivity contribution in [2.45, 2.75) is 91.4 Å². The molecule has 0 bridgehead atoms. The molecule has 1 saturated carbocycles. The quantitative estimate of drug-likeness (QED) is 0.491. The van der Waals surface area contributed by atoms with Gasteiger partial charge in [0.05, 0.1) is 11.4 Å². The highest BCUT2D eigenvalue weighted by atomic mass is 14.8. The maximum atomic E-state index is 5.19. The second-order valence-electron chi connectivity index (χ2n) is 10.6. The Labute approximate surface area is 183 Å². The molecule has 0 saturated heterocycles. The molecule has 3 rings (SSSR count). The molecule has 160 valence electrons. The Bertz CT molecular complexity index is 949. The van der Waals surface area contributed by atoms with E-state index in [2.05, 4.69) is 90.9 Å². The molecule has 0 aliphatic heterocycles. The zero-order valence-electron chi connectivity index (χ0n) is 20.0. The number of benzene rings is 2. The van der Waals surface area contributed by atoms with E-state index in [1.54, 1.807) is 0 Å². The van der Waals surface area contributed by atoms with Gasteiger partial charge in [-0.3, -0.25) is 9.98 Å². The molecule has 0 spiro atoms. The summed E-state index contributed by atoms with van der Waals surface area (Å²) in [6.07, 6.45) is 5.15. The molecular weight excluding hydrogens is 364 g/mol. The third kappa shape index (κ3) is 5.47. The van der Waals surface area contributed by atoms with Crippen molar-refractivity contribution >= 4 is 22.8 Å². The number of hydrogen-bond acceptors (Lipinski definition) is 2. The Morgan fingerprint density at radius 2 is 1.40 bits per heavy atom. The van der Waals surface area contributed by atoms with Crippen LogP contribution in [-0.4, -0.2) is 11.4 Å². The highest BCUT2D eigenvalue weighted by Crippen LogP contribution is 2.36. The maximum absolute atomic E-state index is 5.19. The fourth-order valence-corrected chi connectivity index (χ4v) is 4.06. The molecule has 0 heterocycles. The van der Waals surface area contributed by atoms with Gasteiger partial charge in [-0.25, -0.2) is 0 Å². The Morgan fingerprint density at radius 3 is 2.00 bits per heavy atom. The average molecular weight is 403 g/mol. The SMILES string of the molecule is CCCc1ccccc1/N=C1\CC/C(=N/c2cc(C(C)(C)C)ccc2C(C)(C)C)C1. The Hall–Kier alpha value is -2.22. The molecule has 2 nitrogen and oxygen atoms in total. The predicted octanol–water partition coefficient (Wildman–Crippen LogP) is 8.26.